The van der Waals surface area contributed by atoms with E-state index in [1.807, 2.05) is 31.3 Å². The molecule has 0 fully saturated rings. The molecule has 1 heterocycles. The average Bonchev–Trinajstić information content (AvgIpc) is 2.90. The lowest BCUT2D eigenvalue weighted by Gasteiger charge is -2.15. The van der Waals surface area contributed by atoms with E-state index in [9.17, 15) is 8.42 Å². The van der Waals surface area contributed by atoms with Gasteiger partial charge in [-0.25, -0.2) is 12.7 Å². The monoisotopic (exact) mass is 386 g/mol. The molecule has 0 aliphatic heterocycles. The smallest absolute Gasteiger partial charge is 0.275 e. The summed E-state index contributed by atoms with van der Waals surface area (Å²) in [6, 6.07) is 11.3. The molecule has 0 spiro atoms. The van der Waals surface area contributed by atoms with Crippen molar-refractivity contribution in [2.75, 3.05) is 21.1 Å². The van der Waals surface area contributed by atoms with Crippen molar-refractivity contribution in [1.29, 1.82) is 0 Å². The number of benzene rings is 1. The normalized spacial score (nSPS) is 12.3. The lowest BCUT2D eigenvalue weighted by atomic mass is 10.2. The first kappa shape index (κ1) is 17.2. The van der Waals surface area contributed by atoms with Crippen molar-refractivity contribution in [3.8, 4) is 0 Å². The highest BCUT2D eigenvalue weighted by atomic mass is 79.9. The molecule has 0 amide bonds. The molecule has 0 atom stereocenters. The number of halogens is 1. The van der Waals surface area contributed by atoms with E-state index in [4.69, 9.17) is 4.42 Å². The van der Waals surface area contributed by atoms with Crippen molar-refractivity contribution in [2.45, 2.75) is 18.2 Å². The predicted molar refractivity (Wildman–Crippen MR) is 88.9 cm³/mol. The molecule has 0 aliphatic rings. The number of nitrogens with zero attached hydrogens (tertiary/aromatic N) is 2. The largest absolute Gasteiger partial charge is 0.447 e. The van der Waals surface area contributed by atoms with Crippen LogP contribution in [0.25, 0.3) is 0 Å². The average molecular weight is 387 g/mol. The third kappa shape index (κ3) is 4.19. The molecule has 0 N–H and O–H groups in total. The first-order chi connectivity index (χ1) is 10.3. The molecule has 0 bridgehead atoms. The van der Waals surface area contributed by atoms with Crippen LogP contribution >= 0.6 is 15.9 Å². The van der Waals surface area contributed by atoms with E-state index in [2.05, 4.69) is 20.8 Å². The summed E-state index contributed by atoms with van der Waals surface area (Å²) >= 11 is 3.41. The lowest BCUT2D eigenvalue weighted by Crippen LogP contribution is -2.21. The Morgan fingerprint density at radius 1 is 1.00 bits per heavy atom. The van der Waals surface area contributed by atoms with Gasteiger partial charge >= 0.3 is 0 Å². The zero-order chi connectivity index (χ0) is 16.3. The van der Waals surface area contributed by atoms with Crippen LogP contribution in [0.15, 0.2) is 50.4 Å². The summed E-state index contributed by atoms with van der Waals surface area (Å²) in [5.41, 5.74) is 1.18. The van der Waals surface area contributed by atoms with E-state index in [0.717, 1.165) is 15.3 Å². The number of hydrogen-bond acceptors (Lipinski definition) is 4. The van der Waals surface area contributed by atoms with E-state index in [1.165, 1.54) is 25.7 Å². The fourth-order valence-corrected chi connectivity index (χ4v) is 3.06. The summed E-state index contributed by atoms with van der Waals surface area (Å²) in [6.07, 6.45) is 0. The van der Waals surface area contributed by atoms with Crippen LogP contribution in [0.2, 0.25) is 0 Å². The Morgan fingerprint density at radius 3 is 2.23 bits per heavy atom. The molecule has 5 nitrogen and oxygen atoms in total. The quantitative estimate of drug-likeness (QED) is 0.765. The van der Waals surface area contributed by atoms with Gasteiger partial charge in [0.25, 0.3) is 10.0 Å². The summed E-state index contributed by atoms with van der Waals surface area (Å²) < 4.78 is 31.6. The van der Waals surface area contributed by atoms with Crippen molar-refractivity contribution in [3.05, 3.63) is 52.2 Å². The molecule has 22 heavy (non-hydrogen) atoms. The highest BCUT2D eigenvalue weighted by Crippen LogP contribution is 2.19. The molecule has 0 saturated carbocycles. The van der Waals surface area contributed by atoms with Gasteiger partial charge in [-0.15, -0.1) is 0 Å². The van der Waals surface area contributed by atoms with Gasteiger partial charge in [0.2, 0.25) is 5.09 Å². The standard InChI is InChI=1S/C15H19BrN2O3S/c1-17(2)22(19,20)15-9-8-14(21-15)11-18(3)10-12-4-6-13(16)7-5-12/h4-9H,10-11H2,1-3H3. The van der Waals surface area contributed by atoms with Crippen LogP contribution < -0.4 is 0 Å². The van der Waals surface area contributed by atoms with Gasteiger partial charge in [0.15, 0.2) is 0 Å². The highest BCUT2D eigenvalue weighted by Gasteiger charge is 2.21. The molecule has 0 saturated heterocycles. The number of hydrogen-bond donors (Lipinski definition) is 0. The van der Waals surface area contributed by atoms with Gasteiger partial charge in [0.1, 0.15) is 5.76 Å². The maximum Gasteiger partial charge on any atom is 0.275 e. The lowest BCUT2D eigenvalue weighted by molar-refractivity contribution is 0.274. The van der Waals surface area contributed by atoms with E-state index in [0.29, 0.717) is 12.3 Å². The van der Waals surface area contributed by atoms with Crippen LogP contribution in [0.3, 0.4) is 0 Å². The maximum absolute atomic E-state index is 12.0. The SMILES string of the molecule is CN(Cc1ccc(Br)cc1)Cc1ccc(S(=O)(=O)N(C)C)o1. The fourth-order valence-electron chi connectivity index (χ4n) is 1.99. The van der Waals surface area contributed by atoms with Crippen LogP contribution in [0.5, 0.6) is 0 Å². The first-order valence-corrected chi connectivity index (χ1v) is 8.96. The second kappa shape index (κ2) is 6.95. The molecule has 1 aromatic carbocycles. The van der Waals surface area contributed by atoms with Crippen LogP contribution in [0, 0.1) is 0 Å². The van der Waals surface area contributed by atoms with Gasteiger partial charge < -0.3 is 4.42 Å². The first-order valence-electron chi connectivity index (χ1n) is 6.73. The van der Waals surface area contributed by atoms with Crippen LogP contribution in [-0.2, 0) is 23.1 Å². The molecule has 1 aromatic heterocycles. The van der Waals surface area contributed by atoms with E-state index >= 15 is 0 Å². The summed E-state index contributed by atoms with van der Waals surface area (Å²) in [6.45, 7) is 1.29. The zero-order valence-electron chi connectivity index (χ0n) is 12.8. The topological polar surface area (TPSA) is 53.8 Å². The highest BCUT2D eigenvalue weighted by molar-refractivity contribution is 9.10. The Labute approximate surface area is 139 Å². The zero-order valence-corrected chi connectivity index (χ0v) is 15.2. The Hall–Kier alpha value is -1.15. The minimum absolute atomic E-state index is 0.0236. The second-order valence-electron chi connectivity index (χ2n) is 5.31. The van der Waals surface area contributed by atoms with Crippen molar-refractivity contribution in [3.63, 3.8) is 0 Å². The van der Waals surface area contributed by atoms with Crippen LogP contribution in [0.4, 0.5) is 0 Å². The molecular weight excluding hydrogens is 368 g/mol. The Balaban J connectivity index is 2.02. The summed E-state index contributed by atoms with van der Waals surface area (Å²) in [5, 5.41) is -0.0236. The van der Waals surface area contributed by atoms with Gasteiger partial charge in [-0.1, -0.05) is 28.1 Å². The number of furan rings is 1. The maximum atomic E-state index is 12.0. The molecule has 2 rings (SSSR count). The minimum Gasteiger partial charge on any atom is -0.447 e. The molecule has 0 aliphatic carbocycles. The van der Waals surface area contributed by atoms with Crippen molar-refractivity contribution < 1.29 is 12.8 Å². The van der Waals surface area contributed by atoms with Gasteiger partial charge in [-0.2, -0.15) is 0 Å². The van der Waals surface area contributed by atoms with Gasteiger partial charge in [0.05, 0.1) is 6.54 Å². The van der Waals surface area contributed by atoms with Crippen LogP contribution in [0.1, 0.15) is 11.3 Å². The van der Waals surface area contributed by atoms with Gasteiger partial charge in [-0.05, 0) is 36.9 Å². The van der Waals surface area contributed by atoms with Crippen molar-refractivity contribution >= 4 is 26.0 Å². The Kier molecular flexibility index (Phi) is 5.44. The van der Waals surface area contributed by atoms with Crippen molar-refractivity contribution in [1.82, 2.24) is 9.21 Å². The van der Waals surface area contributed by atoms with E-state index in [-0.39, 0.29) is 5.09 Å². The number of sulfonamides is 1. The third-order valence-electron chi connectivity index (χ3n) is 3.16. The molecule has 120 valence electrons. The summed E-state index contributed by atoms with van der Waals surface area (Å²) in [4.78, 5) is 2.06. The van der Waals surface area contributed by atoms with Gasteiger partial charge in [-0.3, -0.25) is 4.90 Å². The van der Waals surface area contributed by atoms with Crippen LogP contribution in [-0.4, -0.2) is 38.8 Å². The Morgan fingerprint density at radius 2 is 1.64 bits per heavy atom. The molecule has 0 unspecified atom stereocenters. The Bertz CT molecular complexity index is 724. The fraction of sp³-hybridized carbons (Fsp3) is 0.333. The molecular formula is C15H19BrN2O3S. The molecule has 7 heteroatoms. The third-order valence-corrected chi connectivity index (χ3v) is 5.38. The summed E-state index contributed by atoms with van der Waals surface area (Å²) in [5.74, 6) is 0.625. The van der Waals surface area contributed by atoms with E-state index in [1.54, 1.807) is 6.07 Å². The van der Waals surface area contributed by atoms with Gasteiger partial charge in [0, 0.05) is 25.1 Å². The minimum atomic E-state index is -3.51. The number of rotatable bonds is 6. The summed E-state index contributed by atoms with van der Waals surface area (Å²) in [7, 11) is 1.42. The van der Waals surface area contributed by atoms with Crippen molar-refractivity contribution in [2.24, 2.45) is 0 Å². The second-order valence-corrected chi connectivity index (χ2v) is 8.31. The van der Waals surface area contributed by atoms with E-state index < -0.39 is 10.0 Å². The predicted octanol–water partition coefficient (Wildman–Crippen LogP) is 2.92. The molecule has 2 aromatic rings. The molecule has 0 radical (unpaired) electrons.